The largest absolute Gasteiger partial charge is 0.374 e. The smallest absolute Gasteiger partial charge is 0.322 e. The van der Waals surface area contributed by atoms with E-state index in [9.17, 15) is 13.6 Å². The number of aromatic nitrogens is 2. The summed E-state index contributed by atoms with van der Waals surface area (Å²) in [6.07, 6.45) is 8.64. The fourth-order valence-corrected chi connectivity index (χ4v) is 3.91. The highest BCUT2D eigenvalue weighted by molar-refractivity contribution is 5.97. The van der Waals surface area contributed by atoms with Gasteiger partial charge in [0, 0.05) is 39.2 Å². The summed E-state index contributed by atoms with van der Waals surface area (Å²) < 4.78 is 37.1. The number of piperidine rings is 1. The number of hydrogen-bond donors (Lipinski definition) is 1. The highest BCUT2D eigenvalue weighted by atomic mass is 19.3. The summed E-state index contributed by atoms with van der Waals surface area (Å²) in [5.74, 6) is -2.99. The molecule has 2 aliphatic rings. The minimum Gasteiger partial charge on any atom is -0.374 e. The molecular formula is C21H30F2N4O3. The van der Waals surface area contributed by atoms with Crippen LogP contribution in [0.15, 0.2) is 27.8 Å². The summed E-state index contributed by atoms with van der Waals surface area (Å²) in [5, 5.41) is 6.34. The molecule has 1 unspecified atom stereocenters. The Morgan fingerprint density at radius 2 is 2.13 bits per heavy atom. The van der Waals surface area contributed by atoms with Crippen molar-refractivity contribution in [2.45, 2.75) is 58.0 Å². The normalized spacial score (nSPS) is 20.7. The SMILES string of the molecule is CNC(=O)C1=CCC(OCCCC2CCN(c3noc(C(C)(F)F)n3)CC2)C=C1C. The number of anilines is 1. The molecule has 2 heterocycles. The van der Waals surface area contributed by atoms with Gasteiger partial charge in [-0.15, -0.1) is 0 Å². The van der Waals surface area contributed by atoms with Crippen LogP contribution in [-0.2, 0) is 15.5 Å². The molecule has 0 aromatic carbocycles. The lowest BCUT2D eigenvalue weighted by Crippen LogP contribution is -2.34. The number of nitrogens with one attached hydrogen (secondary N) is 1. The lowest BCUT2D eigenvalue weighted by Gasteiger charge is -2.31. The predicted octanol–water partition coefficient (Wildman–Crippen LogP) is 3.59. The molecule has 0 bridgehead atoms. The molecule has 1 amide bonds. The van der Waals surface area contributed by atoms with Gasteiger partial charge >= 0.3 is 5.92 Å². The van der Waals surface area contributed by atoms with Crippen LogP contribution in [0.1, 0.15) is 51.8 Å². The van der Waals surface area contributed by atoms with Gasteiger partial charge in [-0.3, -0.25) is 4.79 Å². The number of rotatable bonds is 8. The van der Waals surface area contributed by atoms with Crippen LogP contribution < -0.4 is 10.2 Å². The van der Waals surface area contributed by atoms with Gasteiger partial charge in [-0.2, -0.15) is 13.8 Å². The second-order valence-electron chi connectivity index (χ2n) is 8.05. The van der Waals surface area contributed by atoms with Gasteiger partial charge in [0.25, 0.3) is 17.7 Å². The topological polar surface area (TPSA) is 80.5 Å². The number of ether oxygens (including phenoxy) is 1. The Kier molecular flexibility index (Phi) is 7.23. The molecule has 1 saturated heterocycles. The second kappa shape index (κ2) is 9.68. The first-order valence-corrected chi connectivity index (χ1v) is 10.5. The highest BCUT2D eigenvalue weighted by Gasteiger charge is 2.33. The van der Waals surface area contributed by atoms with Crippen LogP contribution in [0, 0.1) is 5.92 Å². The van der Waals surface area contributed by atoms with Crippen molar-refractivity contribution < 1.29 is 22.8 Å². The lowest BCUT2D eigenvalue weighted by molar-refractivity contribution is -0.116. The van der Waals surface area contributed by atoms with Crippen molar-refractivity contribution in [3.05, 3.63) is 29.2 Å². The van der Waals surface area contributed by atoms with E-state index in [0.717, 1.165) is 56.8 Å². The molecule has 1 aliphatic heterocycles. The first-order valence-electron chi connectivity index (χ1n) is 10.5. The maximum atomic E-state index is 13.2. The number of hydrogen-bond acceptors (Lipinski definition) is 6. The van der Waals surface area contributed by atoms with E-state index in [4.69, 9.17) is 4.74 Å². The van der Waals surface area contributed by atoms with Crippen LogP contribution in [0.4, 0.5) is 14.7 Å². The number of amides is 1. The number of likely N-dealkylation sites (N-methyl/N-ethyl adjacent to an activating group) is 1. The minimum absolute atomic E-state index is 0.0179. The first-order chi connectivity index (χ1) is 14.3. The van der Waals surface area contributed by atoms with E-state index in [-0.39, 0.29) is 18.0 Å². The van der Waals surface area contributed by atoms with Crippen LogP contribution in [0.25, 0.3) is 0 Å². The van der Waals surface area contributed by atoms with E-state index in [0.29, 0.717) is 18.9 Å². The Morgan fingerprint density at radius 1 is 1.40 bits per heavy atom. The molecule has 1 aromatic heterocycles. The fraction of sp³-hybridized carbons (Fsp3) is 0.667. The Labute approximate surface area is 175 Å². The van der Waals surface area contributed by atoms with Crippen molar-refractivity contribution in [3.8, 4) is 0 Å². The van der Waals surface area contributed by atoms with Gasteiger partial charge in [0.15, 0.2) is 0 Å². The summed E-state index contributed by atoms with van der Waals surface area (Å²) in [7, 11) is 1.63. The van der Waals surface area contributed by atoms with Gasteiger partial charge < -0.3 is 19.5 Å². The second-order valence-corrected chi connectivity index (χ2v) is 8.05. The van der Waals surface area contributed by atoms with Crippen LogP contribution in [0.2, 0.25) is 0 Å². The Morgan fingerprint density at radius 3 is 2.73 bits per heavy atom. The van der Waals surface area contributed by atoms with Crippen LogP contribution in [-0.4, -0.2) is 48.9 Å². The van der Waals surface area contributed by atoms with Gasteiger partial charge in [-0.05, 0) is 55.7 Å². The predicted molar refractivity (Wildman–Crippen MR) is 108 cm³/mol. The molecule has 1 aromatic rings. The van der Waals surface area contributed by atoms with E-state index in [1.807, 2.05) is 24.0 Å². The van der Waals surface area contributed by atoms with E-state index < -0.39 is 11.8 Å². The summed E-state index contributed by atoms with van der Waals surface area (Å²) in [4.78, 5) is 17.5. The quantitative estimate of drug-likeness (QED) is 0.643. The average Bonchev–Trinajstić information content (AvgIpc) is 3.22. The molecule has 0 radical (unpaired) electrons. The van der Waals surface area contributed by atoms with Crippen molar-refractivity contribution in [1.29, 1.82) is 0 Å². The third-order valence-electron chi connectivity index (χ3n) is 5.66. The lowest BCUT2D eigenvalue weighted by atomic mass is 9.92. The fourth-order valence-electron chi connectivity index (χ4n) is 3.91. The molecule has 30 heavy (non-hydrogen) atoms. The molecule has 1 atom stereocenters. The van der Waals surface area contributed by atoms with Crippen molar-refractivity contribution >= 4 is 11.9 Å². The van der Waals surface area contributed by atoms with Gasteiger partial charge in [-0.1, -0.05) is 12.2 Å². The van der Waals surface area contributed by atoms with E-state index >= 15 is 0 Å². The maximum absolute atomic E-state index is 13.2. The maximum Gasteiger partial charge on any atom is 0.322 e. The van der Waals surface area contributed by atoms with Gasteiger partial charge in [0.05, 0.1) is 6.10 Å². The minimum atomic E-state index is -3.12. The summed E-state index contributed by atoms with van der Waals surface area (Å²) >= 11 is 0. The zero-order valence-corrected chi connectivity index (χ0v) is 17.8. The molecule has 3 rings (SSSR count). The molecule has 9 heteroatoms. The van der Waals surface area contributed by atoms with Crippen molar-refractivity contribution in [2.24, 2.45) is 5.92 Å². The molecule has 1 aliphatic carbocycles. The van der Waals surface area contributed by atoms with Crippen LogP contribution in [0.3, 0.4) is 0 Å². The number of halogens is 2. The van der Waals surface area contributed by atoms with E-state index in [1.54, 1.807) is 7.05 Å². The third kappa shape index (κ3) is 5.65. The molecule has 166 valence electrons. The number of carbonyl (C=O) groups is 1. The van der Waals surface area contributed by atoms with Crippen molar-refractivity contribution in [2.75, 3.05) is 31.6 Å². The molecule has 0 spiro atoms. The molecule has 0 saturated carbocycles. The van der Waals surface area contributed by atoms with E-state index in [1.165, 1.54) is 0 Å². The van der Waals surface area contributed by atoms with Crippen LogP contribution >= 0.6 is 0 Å². The number of nitrogens with zero attached hydrogens (tertiary/aromatic N) is 3. The zero-order valence-electron chi connectivity index (χ0n) is 17.8. The highest BCUT2D eigenvalue weighted by Crippen LogP contribution is 2.29. The average molecular weight is 424 g/mol. The molecule has 7 nitrogen and oxygen atoms in total. The monoisotopic (exact) mass is 424 g/mol. The Hall–Kier alpha value is -2.29. The third-order valence-corrected chi connectivity index (χ3v) is 5.66. The Bertz CT molecular complexity index is 792. The van der Waals surface area contributed by atoms with Crippen LogP contribution in [0.5, 0.6) is 0 Å². The standard InChI is InChI=1S/C21H30F2N4O3/c1-14-13-16(6-7-17(14)18(28)24-3)29-12-4-5-15-8-10-27(11-9-15)20-25-19(30-26-20)21(2,22)23/h7,13,15-16H,4-6,8-12H2,1-3H3,(H,24,28). The zero-order chi connectivity index (χ0) is 21.7. The molecule has 1 fully saturated rings. The summed E-state index contributed by atoms with van der Waals surface area (Å²) in [5.41, 5.74) is 1.67. The van der Waals surface area contributed by atoms with Crippen molar-refractivity contribution in [1.82, 2.24) is 15.5 Å². The summed E-state index contributed by atoms with van der Waals surface area (Å²) in [6.45, 7) is 4.82. The van der Waals surface area contributed by atoms with Gasteiger partial charge in [0.1, 0.15) is 0 Å². The van der Waals surface area contributed by atoms with E-state index in [2.05, 4.69) is 20.0 Å². The number of alkyl halides is 2. The summed E-state index contributed by atoms with van der Waals surface area (Å²) in [6, 6.07) is 0. The first kappa shape index (κ1) is 22.4. The number of carbonyl (C=O) groups excluding carboxylic acids is 1. The van der Waals surface area contributed by atoms with Gasteiger partial charge in [0.2, 0.25) is 0 Å². The Balaban J connectivity index is 1.35. The molecule has 1 N–H and O–H groups in total. The molecular weight excluding hydrogens is 394 g/mol. The van der Waals surface area contributed by atoms with Crippen molar-refractivity contribution in [3.63, 3.8) is 0 Å². The van der Waals surface area contributed by atoms with Gasteiger partial charge in [-0.25, -0.2) is 0 Å².